The van der Waals surface area contributed by atoms with E-state index in [1.54, 1.807) is 0 Å². The van der Waals surface area contributed by atoms with Crippen molar-refractivity contribution in [3.8, 4) is 11.1 Å². The lowest BCUT2D eigenvalue weighted by Crippen LogP contribution is -2.46. The standard InChI is InChI=1S/C29H33ClF3N5O2/c1-2-11-35-13-15-36(16-14-35)22-8-5-20(6-9-22)24-10-7-21(30)17-26(24)37-12-3-4-23(19-37)38-27(29(31,32)33)25(18-34-38)28(39)40/h5-10,17-18,23H,2-4,11-16,19H2,1H3,(H,39,40). The number of benzene rings is 2. The van der Waals surface area contributed by atoms with E-state index < -0.39 is 29.4 Å². The second kappa shape index (κ2) is 11.7. The van der Waals surface area contributed by atoms with Crippen molar-refractivity contribution in [2.75, 3.05) is 55.6 Å². The number of nitrogens with zero attached hydrogens (tertiary/aromatic N) is 5. The highest BCUT2D eigenvalue weighted by Crippen LogP contribution is 2.39. The summed E-state index contributed by atoms with van der Waals surface area (Å²) in [7, 11) is 0. The number of carbonyl (C=O) groups is 1. The van der Waals surface area contributed by atoms with Crippen LogP contribution in [0, 0.1) is 0 Å². The second-order valence-corrected chi connectivity index (χ2v) is 10.9. The van der Waals surface area contributed by atoms with Crippen LogP contribution in [0.5, 0.6) is 0 Å². The van der Waals surface area contributed by atoms with Gasteiger partial charge in [-0.3, -0.25) is 9.58 Å². The van der Waals surface area contributed by atoms with E-state index in [2.05, 4.69) is 46.1 Å². The van der Waals surface area contributed by atoms with Gasteiger partial charge in [-0.1, -0.05) is 36.7 Å². The molecule has 0 bridgehead atoms. The molecule has 1 atom stereocenters. The van der Waals surface area contributed by atoms with E-state index in [1.165, 1.54) is 5.69 Å². The Kier molecular flexibility index (Phi) is 8.28. The van der Waals surface area contributed by atoms with Gasteiger partial charge < -0.3 is 14.9 Å². The zero-order chi connectivity index (χ0) is 28.4. The number of rotatable bonds is 7. The van der Waals surface area contributed by atoms with Gasteiger partial charge in [-0.15, -0.1) is 0 Å². The lowest BCUT2D eigenvalue weighted by atomic mass is 9.99. The molecule has 214 valence electrons. The highest BCUT2D eigenvalue weighted by molar-refractivity contribution is 6.31. The summed E-state index contributed by atoms with van der Waals surface area (Å²) in [6.45, 7) is 8.28. The van der Waals surface area contributed by atoms with Crippen molar-refractivity contribution < 1.29 is 23.1 Å². The van der Waals surface area contributed by atoms with E-state index in [9.17, 15) is 23.1 Å². The molecule has 0 aliphatic carbocycles. The lowest BCUT2D eigenvalue weighted by molar-refractivity contribution is -0.145. The van der Waals surface area contributed by atoms with Gasteiger partial charge >= 0.3 is 12.1 Å². The Labute approximate surface area is 236 Å². The fourth-order valence-corrected chi connectivity index (χ4v) is 6.03. The maximum atomic E-state index is 13.9. The highest BCUT2D eigenvalue weighted by Gasteiger charge is 2.42. The van der Waals surface area contributed by atoms with E-state index in [0.29, 0.717) is 24.4 Å². The molecule has 3 aromatic rings. The lowest BCUT2D eigenvalue weighted by Gasteiger charge is -2.37. The monoisotopic (exact) mass is 575 g/mol. The molecule has 5 rings (SSSR count). The van der Waals surface area contributed by atoms with Gasteiger partial charge in [0.05, 0.1) is 12.2 Å². The smallest absolute Gasteiger partial charge is 0.433 e. The number of anilines is 2. The molecule has 40 heavy (non-hydrogen) atoms. The molecular formula is C29H33ClF3N5O2. The molecular weight excluding hydrogens is 543 g/mol. The molecule has 0 spiro atoms. The van der Waals surface area contributed by atoms with Gasteiger partial charge in [-0.25, -0.2) is 4.79 Å². The summed E-state index contributed by atoms with van der Waals surface area (Å²) < 4.78 is 42.5. The topological polar surface area (TPSA) is 64.8 Å². The number of hydrogen-bond acceptors (Lipinski definition) is 5. The minimum Gasteiger partial charge on any atom is -0.478 e. The number of carboxylic acids is 1. The highest BCUT2D eigenvalue weighted by atomic mass is 35.5. The van der Waals surface area contributed by atoms with E-state index in [4.69, 9.17) is 11.6 Å². The molecule has 0 radical (unpaired) electrons. The summed E-state index contributed by atoms with van der Waals surface area (Å²) in [5.74, 6) is -1.64. The molecule has 2 saturated heterocycles. The number of alkyl halides is 3. The minimum atomic E-state index is -4.84. The zero-order valence-electron chi connectivity index (χ0n) is 22.4. The van der Waals surface area contributed by atoms with Crippen LogP contribution in [0.15, 0.2) is 48.7 Å². The van der Waals surface area contributed by atoms with Crippen LogP contribution in [0.4, 0.5) is 24.5 Å². The van der Waals surface area contributed by atoms with Crippen molar-refractivity contribution in [2.24, 2.45) is 0 Å². The molecule has 3 heterocycles. The van der Waals surface area contributed by atoms with E-state index in [-0.39, 0.29) is 6.54 Å². The van der Waals surface area contributed by atoms with Crippen molar-refractivity contribution in [1.29, 1.82) is 0 Å². The fraction of sp³-hybridized carbons (Fsp3) is 0.448. The van der Waals surface area contributed by atoms with Crippen molar-refractivity contribution >= 4 is 28.9 Å². The first-order valence-corrected chi connectivity index (χ1v) is 14.0. The first-order valence-electron chi connectivity index (χ1n) is 13.7. The third-order valence-electron chi connectivity index (χ3n) is 7.79. The van der Waals surface area contributed by atoms with Crippen LogP contribution >= 0.6 is 11.6 Å². The third-order valence-corrected chi connectivity index (χ3v) is 8.03. The Morgan fingerprint density at radius 1 is 1.05 bits per heavy atom. The van der Waals surface area contributed by atoms with Gasteiger partial charge in [0.1, 0.15) is 5.56 Å². The van der Waals surface area contributed by atoms with E-state index >= 15 is 0 Å². The summed E-state index contributed by atoms with van der Waals surface area (Å²) in [4.78, 5) is 18.4. The largest absolute Gasteiger partial charge is 0.478 e. The molecule has 7 nitrogen and oxygen atoms in total. The molecule has 1 N–H and O–H groups in total. The average molecular weight is 576 g/mol. The summed E-state index contributed by atoms with van der Waals surface area (Å²) in [6, 6.07) is 13.4. The predicted octanol–water partition coefficient (Wildman–Crippen LogP) is 6.29. The number of piperidine rings is 1. The summed E-state index contributed by atoms with van der Waals surface area (Å²) in [5, 5.41) is 13.7. The number of halogens is 4. The van der Waals surface area contributed by atoms with Gasteiger partial charge in [0, 0.05) is 61.2 Å². The van der Waals surface area contributed by atoms with Gasteiger partial charge in [-0.05, 0) is 55.6 Å². The molecule has 0 saturated carbocycles. The van der Waals surface area contributed by atoms with Gasteiger partial charge in [0.15, 0.2) is 5.69 Å². The molecule has 2 aliphatic rings. The van der Waals surface area contributed by atoms with Gasteiger partial charge in [-0.2, -0.15) is 18.3 Å². The van der Waals surface area contributed by atoms with Crippen LogP contribution in [0.3, 0.4) is 0 Å². The van der Waals surface area contributed by atoms with Crippen molar-refractivity contribution in [1.82, 2.24) is 14.7 Å². The molecule has 2 aromatic carbocycles. The van der Waals surface area contributed by atoms with Crippen LogP contribution in [-0.4, -0.2) is 71.6 Å². The van der Waals surface area contributed by atoms with Crippen molar-refractivity contribution in [3.05, 3.63) is 64.9 Å². The molecule has 0 amide bonds. The molecule has 11 heteroatoms. The van der Waals surface area contributed by atoms with E-state index in [0.717, 1.165) is 66.8 Å². The first-order chi connectivity index (χ1) is 19.2. The van der Waals surface area contributed by atoms with Gasteiger partial charge in [0.2, 0.25) is 0 Å². The van der Waals surface area contributed by atoms with Crippen molar-refractivity contribution in [2.45, 2.75) is 38.4 Å². The van der Waals surface area contributed by atoms with Crippen molar-refractivity contribution in [3.63, 3.8) is 0 Å². The molecule has 1 aromatic heterocycles. The Morgan fingerprint density at radius 2 is 1.77 bits per heavy atom. The number of aromatic nitrogens is 2. The van der Waals surface area contributed by atoms with Crippen LogP contribution in [0.1, 0.15) is 48.3 Å². The van der Waals surface area contributed by atoms with Gasteiger partial charge in [0.25, 0.3) is 0 Å². The number of hydrogen-bond donors (Lipinski definition) is 1. The van der Waals surface area contributed by atoms with Crippen LogP contribution in [0.2, 0.25) is 5.02 Å². The zero-order valence-corrected chi connectivity index (χ0v) is 23.1. The first kappa shape index (κ1) is 28.3. The third kappa shape index (κ3) is 5.93. The maximum absolute atomic E-state index is 13.9. The second-order valence-electron chi connectivity index (χ2n) is 10.4. The number of carboxylic acid groups (broad SMARTS) is 1. The quantitative estimate of drug-likeness (QED) is 0.357. The summed E-state index contributed by atoms with van der Waals surface area (Å²) in [5.41, 5.74) is 1.88. The maximum Gasteiger partial charge on any atom is 0.433 e. The Balaban J connectivity index is 1.39. The number of aromatic carboxylic acids is 1. The predicted molar refractivity (Wildman–Crippen MR) is 151 cm³/mol. The van der Waals surface area contributed by atoms with Crippen LogP contribution in [-0.2, 0) is 6.18 Å². The van der Waals surface area contributed by atoms with Crippen LogP contribution in [0.25, 0.3) is 11.1 Å². The van der Waals surface area contributed by atoms with Crippen LogP contribution < -0.4 is 9.80 Å². The molecule has 2 aliphatic heterocycles. The Bertz CT molecular complexity index is 1340. The summed E-state index contributed by atoms with van der Waals surface area (Å²) in [6.07, 6.45) is -1.81. The van der Waals surface area contributed by atoms with E-state index in [1.807, 2.05) is 23.1 Å². The normalized spacial score (nSPS) is 18.8. The summed E-state index contributed by atoms with van der Waals surface area (Å²) >= 11 is 6.39. The molecule has 1 unspecified atom stereocenters. The SMILES string of the molecule is CCCN1CCN(c2ccc(-c3ccc(Cl)cc3N3CCCC(n4ncc(C(=O)O)c4C(F)(F)F)C3)cc2)CC1. The Hall–Kier alpha value is -3.24. The fourth-order valence-electron chi connectivity index (χ4n) is 5.86. The average Bonchev–Trinajstić information content (AvgIpc) is 3.41. The minimum absolute atomic E-state index is 0.247. The Morgan fingerprint density at radius 3 is 2.42 bits per heavy atom. The molecule has 2 fully saturated rings. The number of piperazine rings is 1.